The van der Waals surface area contributed by atoms with E-state index in [9.17, 15) is 4.79 Å². The van der Waals surface area contributed by atoms with Gasteiger partial charge in [-0.1, -0.05) is 6.08 Å². The molecule has 4 nitrogen and oxygen atoms in total. The number of hydrogen-bond acceptors (Lipinski definition) is 2. The average molecular weight is 180 g/mol. The van der Waals surface area contributed by atoms with Crippen molar-refractivity contribution in [2.24, 2.45) is 0 Å². The zero-order valence-corrected chi connectivity index (χ0v) is 8.82. The molecule has 5 heteroatoms. The zero-order valence-electron chi connectivity index (χ0n) is 6.82. The first-order valence-electron chi connectivity index (χ1n) is 3.51. The van der Waals surface area contributed by atoms with Crippen LogP contribution < -0.4 is 0 Å². The molecule has 0 saturated carbocycles. The van der Waals surface area contributed by atoms with E-state index in [1.165, 1.54) is 0 Å². The van der Waals surface area contributed by atoms with Crippen molar-refractivity contribution in [3.63, 3.8) is 0 Å². The standard InChI is InChI=1S/C7H8N2O2.Al.2H/c1-2-3-5-6(7(10)11)9-4-8-5;;;/h2,4H,1,3H2,(H2,8,9,10,11);;;/q;+1;;/p-1. The Hall–Kier alpha value is -1.05. The van der Waals surface area contributed by atoms with Gasteiger partial charge in [0, 0.05) is 6.42 Å². The number of aromatic nitrogens is 2. The van der Waals surface area contributed by atoms with Crippen molar-refractivity contribution in [3.8, 4) is 0 Å². The van der Waals surface area contributed by atoms with Gasteiger partial charge in [0.15, 0.2) is 0 Å². The van der Waals surface area contributed by atoms with Gasteiger partial charge in [-0.15, -0.1) is 6.58 Å². The number of aromatic carboxylic acids is 1. The lowest BCUT2D eigenvalue weighted by Gasteiger charge is -1.98. The molecule has 0 bridgehead atoms. The maximum Gasteiger partial charge on any atom is 0.372 e. The summed E-state index contributed by atoms with van der Waals surface area (Å²) in [5, 5.41) is 8.79. The quantitative estimate of drug-likeness (QED) is 0.513. The molecule has 1 rings (SSSR count). The van der Waals surface area contributed by atoms with Gasteiger partial charge >= 0.3 is 22.5 Å². The molecule has 0 aromatic carbocycles. The number of imidazole rings is 1. The van der Waals surface area contributed by atoms with E-state index in [1.54, 1.807) is 16.0 Å². The maximum absolute atomic E-state index is 10.7. The highest BCUT2D eigenvalue weighted by Gasteiger charge is 2.12. The van der Waals surface area contributed by atoms with E-state index < -0.39 is 5.97 Å². The molecule has 0 amide bonds. The summed E-state index contributed by atoms with van der Waals surface area (Å²) in [5.41, 5.74) is 0.883. The predicted molar refractivity (Wildman–Crippen MR) is 47.0 cm³/mol. The van der Waals surface area contributed by atoms with E-state index in [1.807, 2.05) is 0 Å². The molecule has 0 fully saturated rings. The fraction of sp³-hybridized carbons (Fsp3) is 0.143. The van der Waals surface area contributed by atoms with Crippen molar-refractivity contribution in [2.45, 2.75) is 6.42 Å². The number of rotatable bonds is 3. The molecule has 12 heavy (non-hydrogen) atoms. The van der Waals surface area contributed by atoms with Crippen LogP contribution >= 0.6 is 0 Å². The molecule has 0 aliphatic carbocycles. The number of allylic oxidation sites excluding steroid dienone is 1. The van der Waals surface area contributed by atoms with Crippen molar-refractivity contribution in [1.29, 1.82) is 0 Å². The van der Waals surface area contributed by atoms with E-state index in [-0.39, 0.29) is 0 Å². The molecular weight excluding hydrogens is 171 g/mol. The number of nitrogens with zero attached hydrogens (tertiary/aromatic N) is 2. The fourth-order valence-corrected chi connectivity index (χ4v) is 1.60. The summed E-state index contributed by atoms with van der Waals surface area (Å²) in [5.74, 6) is -0.917. The van der Waals surface area contributed by atoms with Crippen molar-refractivity contribution < 1.29 is 9.90 Å². The monoisotopic (exact) mass is 180 g/mol. The third-order valence-corrected chi connectivity index (χ3v) is 2.23. The highest BCUT2D eigenvalue weighted by Crippen LogP contribution is 2.06. The Morgan fingerprint density at radius 2 is 2.58 bits per heavy atom. The van der Waals surface area contributed by atoms with Gasteiger partial charge in [-0.2, -0.15) is 0 Å². The molecule has 1 aromatic heterocycles. The Labute approximate surface area is 78.2 Å². The van der Waals surface area contributed by atoms with Crippen molar-refractivity contribution in [1.82, 2.24) is 8.53 Å². The Bertz CT molecular complexity index is 319. The SMILES string of the molecule is C=CCc1nc[n]([AlH2])c1C(=O)O. The van der Waals surface area contributed by atoms with Crippen LogP contribution in [-0.2, 0) is 6.42 Å². The van der Waals surface area contributed by atoms with E-state index in [4.69, 9.17) is 5.11 Å². The fourth-order valence-electron chi connectivity index (χ4n) is 1.04. The van der Waals surface area contributed by atoms with E-state index in [0.717, 1.165) is 0 Å². The summed E-state index contributed by atoms with van der Waals surface area (Å²) in [6.45, 7) is 3.53. The van der Waals surface area contributed by atoms with Crippen LogP contribution in [0.15, 0.2) is 19.0 Å². The summed E-state index contributed by atoms with van der Waals surface area (Å²) in [6.07, 6.45) is 3.71. The molecule has 1 N–H and O–H groups in total. The minimum atomic E-state index is -0.917. The largest absolute Gasteiger partial charge is 0.477 e. The molecular formula is C7H9AlN2O2. The smallest absolute Gasteiger partial charge is 0.372 e. The molecule has 1 aromatic rings. The van der Waals surface area contributed by atoms with Gasteiger partial charge in [0.25, 0.3) is 0 Å². The number of carbonyl (C=O) groups is 1. The first kappa shape index (κ1) is 9.04. The molecule has 0 atom stereocenters. The Balaban J connectivity index is 3.11. The van der Waals surface area contributed by atoms with Gasteiger partial charge in [0.05, 0.1) is 12.0 Å². The second kappa shape index (κ2) is 3.57. The van der Waals surface area contributed by atoms with Crippen LogP contribution in [0.3, 0.4) is 0 Å². The summed E-state index contributed by atoms with van der Waals surface area (Å²) < 4.78 is 1.63. The van der Waals surface area contributed by atoms with Crippen LogP contribution in [0, 0.1) is 0 Å². The number of carboxylic acid groups (broad SMARTS) is 1. The molecule has 0 aliphatic heterocycles. The third-order valence-electron chi connectivity index (χ3n) is 1.55. The van der Waals surface area contributed by atoms with Crippen LogP contribution in [0.4, 0.5) is 0 Å². The lowest BCUT2D eigenvalue weighted by molar-refractivity contribution is 0.0688. The van der Waals surface area contributed by atoms with Gasteiger partial charge in [0.1, 0.15) is 5.69 Å². The zero-order chi connectivity index (χ0) is 9.14. The normalized spacial score (nSPS) is 9.67. The molecule has 0 spiro atoms. The summed E-state index contributed by atoms with van der Waals surface area (Å²) in [4.78, 5) is 14.7. The van der Waals surface area contributed by atoms with E-state index in [0.29, 0.717) is 34.3 Å². The minimum Gasteiger partial charge on any atom is -0.477 e. The van der Waals surface area contributed by atoms with Gasteiger partial charge in [0.2, 0.25) is 0 Å². The topological polar surface area (TPSA) is 55.1 Å². The molecule has 0 aliphatic rings. The van der Waals surface area contributed by atoms with Crippen LogP contribution in [0.1, 0.15) is 16.2 Å². The first-order valence-corrected chi connectivity index (χ1v) is 4.40. The Kier molecular flexibility index (Phi) is 2.69. The lowest BCUT2D eigenvalue weighted by Crippen LogP contribution is -2.08. The second-order valence-corrected chi connectivity index (χ2v) is 3.41. The van der Waals surface area contributed by atoms with Crippen molar-refractivity contribution in [2.75, 3.05) is 0 Å². The second-order valence-electron chi connectivity index (χ2n) is 2.45. The van der Waals surface area contributed by atoms with E-state index in [2.05, 4.69) is 11.6 Å². The number of carboxylic acids is 1. The maximum atomic E-state index is 10.7. The summed E-state index contributed by atoms with van der Waals surface area (Å²) >= 11 is 0.640. The van der Waals surface area contributed by atoms with Crippen LogP contribution in [0.25, 0.3) is 0 Å². The van der Waals surface area contributed by atoms with Gasteiger partial charge in [-0.05, 0) is 0 Å². The first-order chi connectivity index (χ1) is 5.66. The molecule has 0 radical (unpaired) electrons. The van der Waals surface area contributed by atoms with Gasteiger partial charge < -0.3 is 8.66 Å². The van der Waals surface area contributed by atoms with Crippen LogP contribution in [0.5, 0.6) is 0 Å². The Morgan fingerprint density at radius 3 is 3.08 bits per heavy atom. The van der Waals surface area contributed by atoms with Gasteiger partial charge in [-0.3, -0.25) is 0 Å². The Morgan fingerprint density at radius 1 is 1.92 bits per heavy atom. The van der Waals surface area contributed by atoms with Crippen LogP contribution in [-0.4, -0.2) is 36.1 Å². The minimum absolute atomic E-state index is 0.293. The predicted octanol–water partition coefficient (Wildman–Crippen LogP) is -0.294. The highest BCUT2D eigenvalue weighted by molar-refractivity contribution is 6.10. The summed E-state index contributed by atoms with van der Waals surface area (Å²) in [7, 11) is 0. The van der Waals surface area contributed by atoms with Crippen LogP contribution in [0.2, 0.25) is 0 Å². The average Bonchev–Trinajstić information content (AvgIpc) is 2.32. The lowest BCUT2D eigenvalue weighted by atomic mass is 10.2. The molecule has 0 unspecified atom stereocenters. The molecule has 1 heterocycles. The molecule has 0 saturated heterocycles. The van der Waals surface area contributed by atoms with E-state index >= 15 is 0 Å². The summed E-state index contributed by atoms with van der Waals surface area (Å²) in [6, 6.07) is 0. The van der Waals surface area contributed by atoms with Crippen molar-refractivity contribution in [3.05, 3.63) is 30.4 Å². The number of hydrogen-bond donors (Lipinski definition) is 1. The van der Waals surface area contributed by atoms with Crippen molar-refractivity contribution >= 4 is 22.5 Å². The third kappa shape index (κ3) is 1.58. The highest BCUT2D eigenvalue weighted by atomic mass is 27.1. The van der Waals surface area contributed by atoms with Gasteiger partial charge in [-0.25, -0.2) is 9.78 Å². The molecule has 62 valence electrons.